The molecule has 4 unspecified atom stereocenters. The van der Waals surface area contributed by atoms with Crippen LogP contribution < -0.4 is 21.5 Å². The fourth-order valence-corrected chi connectivity index (χ4v) is 24.9. The van der Waals surface area contributed by atoms with E-state index in [4.69, 9.17) is 112 Å². The molecule has 2 aromatic carbocycles. The zero-order chi connectivity index (χ0) is 107. The van der Waals surface area contributed by atoms with Crippen molar-refractivity contribution in [2.75, 3.05) is 63.5 Å². The Labute approximate surface area is 864 Å². The lowest BCUT2D eigenvalue weighted by Gasteiger charge is -2.41. The fourth-order valence-electron chi connectivity index (χ4n) is 15.3. The van der Waals surface area contributed by atoms with E-state index in [-0.39, 0.29) is 135 Å². The number of alkyl halides is 2. The summed E-state index contributed by atoms with van der Waals surface area (Å²) in [5.74, 6) is -2.59. The number of aliphatic hydroxyl groups is 1. The van der Waals surface area contributed by atoms with Crippen LogP contribution in [0.4, 0.5) is 26.2 Å². The number of nitrogens with zero attached hydrogens (tertiary/aromatic N) is 16. The van der Waals surface area contributed by atoms with Crippen LogP contribution in [0.25, 0.3) is 33.5 Å². The second-order valence-corrected chi connectivity index (χ2v) is 59.6. The van der Waals surface area contributed by atoms with Gasteiger partial charge in [-0.15, -0.1) is 9.42 Å². The van der Waals surface area contributed by atoms with Crippen LogP contribution in [0.15, 0.2) is 108 Å². The third-order valence-electron chi connectivity index (χ3n) is 25.3. The standard InChI is InChI=1S/2C41H51FN10O13P2SSi.C5H10ClO3P/c1-22(2)24(53)16-27-48-36-30(38(55)49-27)47-21-52(36)40-33-32(65-69(6,7)41(3,4)5)26(62-40)17-59-66(56,57)63-31-25(18-60-67(68,64-33)58-15-11-14-43)61-39(28(31)42)51-20-46-29-34(44-19-45-35(29)51)50-37(54)23-12-9-8-10-13-23;1-22(2)37(55)49-27-16-24(54)29-36(48-27)52(20-46-29)40-33(32(25(17-53)61-40)65-69(6,7)41(3,4)5)64-67(68,59-15-11-14-43)60-18-26-31(63-66(57)58)28(42)39(62-26)51-21-47-30-34(44-19-45-35(30)51)50-38(56)23-12-9-8-10-13-23;1-5(2)3-8-10(6,7)9-4-5/h8-10,12-13,19-22,25-26,28,31-33,39-40H,11,15-18H2,1-7H3,(H,56,57)(H,48,49,55)(H,44,45,50,54);8-10,12-13,19-22,25-26,28,31-33,39-40,53H,11,15-18H2,1-7H3,(H2-,44,45,48,49,50,54,55,56,57,58);3-4H2,1-2H3/p+1/t2*25-,26-,28-,31-,32-,33-,39-,40-,67?;/m11./s1. The third kappa shape index (κ3) is 26.8. The number of nitriles is 2. The maximum absolute atomic E-state index is 17.0. The number of anilines is 2. The number of amidine groups is 1. The number of phosphoric acid groups is 1. The number of benzene rings is 2. The number of rotatable bonds is 30. The van der Waals surface area contributed by atoms with Crippen molar-refractivity contribution in [2.45, 2.75) is 243 Å². The number of hydrogen-bond acceptors (Lipinski definition) is 41. The number of phosphoric ester groups is 1. The molecule has 16 rings (SSSR count). The molecule has 3 amide bonds. The number of aromatic amines is 1. The molecule has 0 radical (unpaired) electrons. The summed E-state index contributed by atoms with van der Waals surface area (Å²) in [6.45, 7) is 16.6. The molecule has 0 saturated carbocycles. The van der Waals surface area contributed by atoms with E-state index < -0.39 is 212 Å². The van der Waals surface area contributed by atoms with Gasteiger partial charge in [-0.25, -0.2) is 67.8 Å². The van der Waals surface area contributed by atoms with E-state index in [0.29, 0.717) is 24.3 Å². The van der Waals surface area contributed by atoms with E-state index >= 15 is 8.78 Å². The number of H-pyrrole nitrogens is 1. The van der Waals surface area contributed by atoms with E-state index in [9.17, 15) is 67.9 Å². The predicted octanol–water partition coefficient (Wildman–Crippen LogP) is 13.5. The number of aliphatic hydroxyl groups excluding tert-OH is 1. The van der Waals surface area contributed by atoms with Crippen LogP contribution in [0.1, 0.15) is 164 Å². The van der Waals surface area contributed by atoms with Crippen molar-refractivity contribution in [1.82, 2.24) is 73.4 Å². The van der Waals surface area contributed by atoms with Gasteiger partial charge < -0.3 is 76.8 Å². The summed E-state index contributed by atoms with van der Waals surface area (Å²) < 4.78 is 179. The maximum atomic E-state index is 17.0. The molecule has 14 heterocycles. The molecule has 9 aromatic rings. The van der Waals surface area contributed by atoms with Crippen molar-refractivity contribution in [3.63, 3.8) is 0 Å². The number of Topliss-reactive ketones (excluding diaryl/α,β-unsaturated/α-hetero) is 2. The summed E-state index contributed by atoms with van der Waals surface area (Å²) in [4.78, 5) is 145. The van der Waals surface area contributed by atoms with Crippen molar-refractivity contribution in [2.24, 2.45) is 22.2 Å². The minimum Gasteiger partial charge on any atom is -0.408 e. The Bertz CT molecular complexity index is 6790. The van der Waals surface area contributed by atoms with Crippen molar-refractivity contribution in [3.05, 3.63) is 132 Å². The minimum absolute atomic E-state index is 0.00123. The summed E-state index contributed by atoms with van der Waals surface area (Å²) >= 11 is 17.4. The molecule has 6 fully saturated rings. The number of imidazole rings is 4. The zero-order valence-corrected chi connectivity index (χ0v) is 91.8. The van der Waals surface area contributed by atoms with Gasteiger partial charge in [-0.05, 0) is 84.1 Å². The van der Waals surface area contributed by atoms with Gasteiger partial charge in [-0.1, -0.05) is 119 Å². The van der Waals surface area contributed by atoms with Gasteiger partial charge in [0.1, 0.15) is 85.0 Å². The van der Waals surface area contributed by atoms with Gasteiger partial charge >= 0.3 is 36.5 Å². The normalized spacial score (nSPS) is 27.2. The highest BCUT2D eigenvalue weighted by Gasteiger charge is 2.60. The van der Waals surface area contributed by atoms with Gasteiger partial charge in [0.25, 0.3) is 17.4 Å². The number of aliphatic imine (C=N–C) groups is 1. The SMILES string of the molecule is CC(C)C(=O)Cc1nc2c(ncn2[C@@H]2O[C@@H]3COP(=O)(O)O[C@H]4[C@@H](F)[C@H](n5cnc6c(NC(=O)c7ccccc7)ncnc65)O[C@@H]4COP(=S)(OCCC#N)O[C@@H]2[C@@H]3O[Si](C)(C)C(C)(C)C)c(=O)[nH]1.CC(C)C(=O)NC1=Nc2c(ncn2[C@@H]2O[C@H](CO)[C@@H](O[Si](C)(C)C(C)(C)C)[C@H]2OP(=S)(OCCC#N)OC[C@H]2O[C@@H](n3cnc4c(NC(=O)c5ccccc5)ncnc43)[C@H](F)[C@@H]2O[P+](=O)O)C(=O)C1.CC1(C)COP(=O)(Cl)OC1. The van der Waals surface area contributed by atoms with Gasteiger partial charge in [-0.3, -0.25) is 74.2 Å². The Morgan fingerprint density at radius 3 is 1.74 bits per heavy atom. The molecule has 6 saturated heterocycles. The van der Waals surface area contributed by atoms with Crippen LogP contribution >= 0.6 is 47.7 Å². The monoisotopic (exact) mass is 2250 g/mol. The van der Waals surface area contributed by atoms with Gasteiger partial charge in [0.2, 0.25) is 5.91 Å². The zero-order valence-electron chi connectivity index (χ0n) is 82.9. The first-order valence-electron chi connectivity index (χ1n) is 46.5. The van der Waals surface area contributed by atoms with Crippen LogP contribution in [0, 0.1) is 39.9 Å². The Balaban J connectivity index is 0.000000213. The lowest BCUT2D eigenvalue weighted by atomic mass is 9.97. The molecular formula is C87H113ClF2N20O29P5S2Si2+. The van der Waals surface area contributed by atoms with E-state index in [1.54, 1.807) is 88.4 Å². The molecule has 7 aliphatic rings. The Morgan fingerprint density at radius 2 is 1.20 bits per heavy atom. The van der Waals surface area contributed by atoms with Gasteiger partial charge in [0, 0.05) is 44.2 Å². The highest BCUT2D eigenvalue weighted by Crippen LogP contribution is 2.62. The quantitative estimate of drug-likeness (QED) is 0.0125. The summed E-state index contributed by atoms with van der Waals surface area (Å²) in [6, 6.07) is 20.6. The van der Waals surface area contributed by atoms with Crippen LogP contribution in [-0.4, -0.2) is 261 Å². The molecule has 800 valence electrons. The van der Waals surface area contributed by atoms with Crippen molar-refractivity contribution in [3.8, 4) is 12.1 Å². The Morgan fingerprint density at radius 1 is 0.662 bits per heavy atom. The Kier molecular flexibility index (Phi) is 36.4. The summed E-state index contributed by atoms with van der Waals surface area (Å²) in [7, 11) is -14.3. The van der Waals surface area contributed by atoms with Crippen LogP contribution in [0.3, 0.4) is 0 Å². The number of carbonyl (C=O) groups excluding carboxylic acids is 5. The first-order chi connectivity index (χ1) is 69.6. The van der Waals surface area contributed by atoms with Gasteiger partial charge in [0.05, 0.1) is 116 Å². The number of amides is 3. The average molecular weight is 2250 g/mol. The lowest BCUT2D eigenvalue weighted by molar-refractivity contribution is -0.122. The van der Waals surface area contributed by atoms with E-state index in [1.165, 1.54) is 43.6 Å². The van der Waals surface area contributed by atoms with Crippen molar-refractivity contribution >= 4 is 174 Å². The Hall–Kier alpha value is -8.86. The lowest BCUT2D eigenvalue weighted by Crippen LogP contribution is -2.50. The number of fused-ring (bicyclic) bond motifs is 7. The van der Waals surface area contributed by atoms with Crippen molar-refractivity contribution in [1.29, 1.82) is 10.5 Å². The molecule has 49 nitrogen and oxygen atoms in total. The van der Waals surface area contributed by atoms with E-state index in [0.717, 1.165) is 12.7 Å². The highest BCUT2D eigenvalue weighted by atomic mass is 35.7. The van der Waals surface area contributed by atoms with E-state index in [1.807, 2.05) is 93.7 Å². The van der Waals surface area contributed by atoms with Crippen LogP contribution in [0.2, 0.25) is 36.3 Å². The predicted molar refractivity (Wildman–Crippen MR) is 536 cm³/mol. The molecule has 20 atom stereocenters. The topological polar surface area (TPSA) is 619 Å². The first-order valence-corrected chi connectivity index (χ1v) is 62.5. The number of halogens is 3. The maximum Gasteiger partial charge on any atom is 0.695 e. The minimum atomic E-state index is -5.25. The molecular weight excluding hydrogens is 2140 g/mol. The van der Waals surface area contributed by atoms with Gasteiger partial charge in [0.15, 0.2) is 122 Å². The molecule has 7 aromatic heterocycles. The molecule has 2 bridgehead atoms. The van der Waals surface area contributed by atoms with Gasteiger partial charge in [-0.2, -0.15) is 10.5 Å². The van der Waals surface area contributed by atoms with Crippen molar-refractivity contribution < 1.29 is 139 Å². The number of aromatic nitrogens is 14. The molecule has 0 spiro atoms. The number of nitrogens with one attached hydrogen (secondary N) is 4. The fraction of sp³-hybridized carbons (Fsp3) is 0.563. The number of ether oxygens (including phenoxy) is 4. The third-order valence-corrected chi connectivity index (χ3v) is 41.8. The second kappa shape index (κ2) is 47.0. The molecule has 7 aliphatic heterocycles. The molecule has 0 aliphatic carbocycles. The largest absolute Gasteiger partial charge is 0.695 e. The summed E-state index contributed by atoms with van der Waals surface area (Å²) in [5, 5.41) is 37.0. The van der Waals surface area contributed by atoms with Crippen LogP contribution in [-0.2, 0) is 131 Å². The van der Waals surface area contributed by atoms with Crippen LogP contribution in [0.5, 0.6) is 0 Å². The summed E-state index contributed by atoms with van der Waals surface area (Å²) in [5.41, 5.74) is 0.0631. The number of carbonyl (C=O) groups is 5. The molecule has 61 heteroatoms. The average Bonchev–Trinajstić information content (AvgIpc) is 1.63. The first kappa shape index (κ1) is 115. The molecule has 7 N–H and O–H groups in total. The smallest absolute Gasteiger partial charge is 0.408 e. The second-order valence-electron chi connectivity index (χ2n) is 39.4. The number of hydrogen-bond donors (Lipinski definition) is 7. The molecule has 148 heavy (non-hydrogen) atoms. The highest BCUT2D eigenvalue weighted by molar-refractivity contribution is 8.07. The number of ketones is 2. The van der Waals surface area contributed by atoms with E-state index in [2.05, 4.69) is 70.8 Å². The summed E-state index contributed by atoms with van der Waals surface area (Å²) in [6.07, 6.45) is -17.7.